The Bertz CT molecular complexity index is 1100. The van der Waals surface area contributed by atoms with Crippen LogP contribution in [0.3, 0.4) is 0 Å². The van der Waals surface area contributed by atoms with Crippen molar-refractivity contribution in [1.82, 2.24) is 4.98 Å². The number of hydrogen-bond donors (Lipinski definition) is 0. The Morgan fingerprint density at radius 2 is 2.08 bits per heavy atom. The Kier molecular flexibility index (Phi) is 3.90. The summed E-state index contributed by atoms with van der Waals surface area (Å²) in [5.41, 5.74) is 3.04. The van der Waals surface area contributed by atoms with Crippen molar-refractivity contribution in [3.8, 4) is 5.75 Å². The molecule has 0 bridgehead atoms. The highest BCUT2D eigenvalue weighted by Crippen LogP contribution is 2.29. The first-order valence-corrected chi connectivity index (χ1v) is 8.20. The van der Waals surface area contributed by atoms with E-state index in [0.29, 0.717) is 21.9 Å². The molecule has 2 heterocycles. The molecule has 0 aliphatic carbocycles. The molecule has 0 N–H and O–H groups in total. The zero-order valence-electron chi connectivity index (χ0n) is 13.5. The van der Waals surface area contributed by atoms with Crippen molar-refractivity contribution >= 4 is 39.4 Å². The molecular weight excluding hydrogens is 338 g/mol. The van der Waals surface area contributed by atoms with Crippen LogP contribution in [0.4, 0.5) is 0 Å². The SMILES string of the molecule is Cc1cc2occ(CC(=O)Oc3cccc4cccnc34)c2cc1Cl. The number of aryl methyl sites for hydroxylation is 1. The molecule has 0 amide bonds. The molecule has 124 valence electrons. The fraction of sp³-hybridized carbons (Fsp3) is 0.100. The summed E-state index contributed by atoms with van der Waals surface area (Å²) in [6, 6.07) is 12.9. The largest absolute Gasteiger partial charge is 0.464 e. The first kappa shape index (κ1) is 15.7. The molecule has 4 rings (SSSR count). The van der Waals surface area contributed by atoms with E-state index in [4.69, 9.17) is 20.8 Å². The number of fused-ring (bicyclic) bond motifs is 2. The number of rotatable bonds is 3. The van der Waals surface area contributed by atoms with E-state index in [-0.39, 0.29) is 12.4 Å². The van der Waals surface area contributed by atoms with Crippen molar-refractivity contribution in [3.63, 3.8) is 0 Å². The van der Waals surface area contributed by atoms with Gasteiger partial charge < -0.3 is 9.15 Å². The van der Waals surface area contributed by atoms with Gasteiger partial charge in [0.05, 0.1) is 12.7 Å². The molecule has 5 heteroatoms. The quantitative estimate of drug-likeness (QED) is 0.381. The Labute approximate surface area is 149 Å². The van der Waals surface area contributed by atoms with Crippen molar-refractivity contribution in [2.24, 2.45) is 0 Å². The third-order valence-corrected chi connectivity index (χ3v) is 4.50. The lowest BCUT2D eigenvalue weighted by molar-refractivity contribution is -0.133. The van der Waals surface area contributed by atoms with E-state index in [1.54, 1.807) is 18.5 Å². The average molecular weight is 352 g/mol. The minimum atomic E-state index is -0.377. The zero-order valence-corrected chi connectivity index (χ0v) is 14.2. The molecule has 0 spiro atoms. The predicted octanol–water partition coefficient (Wildman–Crippen LogP) is 5.09. The lowest BCUT2D eigenvalue weighted by atomic mass is 10.1. The van der Waals surface area contributed by atoms with Crippen molar-refractivity contribution < 1.29 is 13.9 Å². The van der Waals surface area contributed by atoms with Gasteiger partial charge in [-0.15, -0.1) is 0 Å². The topological polar surface area (TPSA) is 52.3 Å². The predicted molar refractivity (Wildman–Crippen MR) is 97.0 cm³/mol. The molecule has 25 heavy (non-hydrogen) atoms. The van der Waals surface area contributed by atoms with Crippen LogP contribution >= 0.6 is 11.6 Å². The van der Waals surface area contributed by atoms with Gasteiger partial charge in [-0.05, 0) is 36.8 Å². The van der Waals surface area contributed by atoms with Gasteiger partial charge in [0, 0.05) is 27.6 Å². The van der Waals surface area contributed by atoms with Gasteiger partial charge >= 0.3 is 5.97 Å². The third kappa shape index (κ3) is 2.96. The summed E-state index contributed by atoms with van der Waals surface area (Å²) in [5.74, 6) is 0.0716. The molecule has 0 radical (unpaired) electrons. The first-order chi connectivity index (χ1) is 12.1. The van der Waals surface area contributed by atoms with Gasteiger partial charge in [-0.1, -0.05) is 29.8 Å². The van der Waals surface area contributed by atoms with Gasteiger partial charge in [-0.25, -0.2) is 0 Å². The maximum atomic E-state index is 12.4. The van der Waals surface area contributed by atoms with E-state index < -0.39 is 0 Å². The number of pyridine rings is 1. The maximum absolute atomic E-state index is 12.4. The molecule has 0 aliphatic rings. The minimum Gasteiger partial charge on any atom is -0.464 e. The average Bonchev–Trinajstić information content (AvgIpc) is 2.97. The Hall–Kier alpha value is -2.85. The first-order valence-electron chi connectivity index (χ1n) is 7.82. The summed E-state index contributed by atoms with van der Waals surface area (Å²) in [6.45, 7) is 1.91. The molecule has 0 fully saturated rings. The third-order valence-electron chi connectivity index (χ3n) is 4.09. The number of ether oxygens (including phenoxy) is 1. The summed E-state index contributed by atoms with van der Waals surface area (Å²) < 4.78 is 11.1. The molecule has 0 saturated carbocycles. The molecule has 0 atom stereocenters. The minimum absolute atomic E-state index is 0.0929. The van der Waals surface area contributed by atoms with E-state index in [1.165, 1.54) is 0 Å². The number of furan rings is 1. The van der Waals surface area contributed by atoms with Crippen LogP contribution in [0.5, 0.6) is 5.75 Å². The van der Waals surface area contributed by atoms with E-state index in [0.717, 1.165) is 21.9 Å². The van der Waals surface area contributed by atoms with Crippen molar-refractivity contribution in [1.29, 1.82) is 0 Å². The van der Waals surface area contributed by atoms with E-state index in [1.807, 2.05) is 43.3 Å². The molecule has 2 aromatic heterocycles. The second-order valence-corrected chi connectivity index (χ2v) is 6.25. The van der Waals surface area contributed by atoms with E-state index >= 15 is 0 Å². The van der Waals surface area contributed by atoms with Crippen LogP contribution in [-0.2, 0) is 11.2 Å². The molecule has 0 aliphatic heterocycles. The summed E-state index contributed by atoms with van der Waals surface area (Å²) in [4.78, 5) is 16.7. The second kappa shape index (κ2) is 6.22. The van der Waals surface area contributed by atoms with Gasteiger partial charge in [-0.3, -0.25) is 9.78 Å². The van der Waals surface area contributed by atoms with Crippen LogP contribution in [0.25, 0.3) is 21.9 Å². The van der Waals surface area contributed by atoms with Crippen LogP contribution in [0.2, 0.25) is 5.02 Å². The summed E-state index contributed by atoms with van der Waals surface area (Å²) in [5, 5.41) is 2.38. The number of carbonyl (C=O) groups is 1. The molecular formula is C20H14ClNO3. The van der Waals surface area contributed by atoms with E-state index in [9.17, 15) is 4.79 Å². The lowest BCUT2D eigenvalue weighted by Crippen LogP contribution is -2.11. The van der Waals surface area contributed by atoms with Crippen LogP contribution < -0.4 is 4.74 Å². The van der Waals surface area contributed by atoms with Crippen LogP contribution in [-0.4, -0.2) is 11.0 Å². The van der Waals surface area contributed by atoms with Crippen molar-refractivity contribution in [2.75, 3.05) is 0 Å². The maximum Gasteiger partial charge on any atom is 0.315 e. The van der Waals surface area contributed by atoms with Gasteiger partial charge in [0.25, 0.3) is 0 Å². The smallest absolute Gasteiger partial charge is 0.315 e. The Morgan fingerprint density at radius 3 is 2.96 bits per heavy atom. The normalized spacial score (nSPS) is 11.1. The standard InChI is InChI=1S/C20H14ClNO3/c1-12-8-18-15(10-16(12)21)14(11-24-18)9-19(23)25-17-6-2-4-13-5-3-7-22-20(13)17/h2-8,10-11H,9H2,1H3. The number of halogens is 1. The molecule has 0 unspecified atom stereocenters. The molecule has 2 aromatic carbocycles. The van der Waals surface area contributed by atoms with Crippen molar-refractivity contribution in [3.05, 3.63) is 71.1 Å². The van der Waals surface area contributed by atoms with E-state index in [2.05, 4.69) is 4.98 Å². The van der Waals surface area contributed by atoms with Gasteiger partial charge in [-0.2, -0.15) is 0 Å². The second-order valence-electron chi connectivity index (χ2n) is 5.84. The highest BCUT2D eigenvalue weighted by Gasteiger charge is 2.15. The van der Waals surface area contributed by atoms with Crippen LogP contribution in [0, 0.1) is 6.92 Å². The summed E-state index contributed by atoms with van der Waals surface area (Å²) in [6.07, 6.45) is 3.34. The number of aromatic nitrogens is 1. The number of esters is 1. The Balaban J connectivity index is 1.61. The molecule has 4 nitrogen and oxygen atoms in total. The number of para-hydroxylation sites is 1. The highest BCUT2D eigenvalue weighted by atomic mass is 35.5. The molecule has 4 aromatic rings. The molecule has 0 saturated heterocycles. The number of nitrogens with zero attached hydrogens (tertiary/aromatic N) is 1. The van der Waals surface area contributed by atoms with Gasteiger partial charge in [0.2, 0.25) is 0 Å². The van der Waals surface area contributed by atoms with Crippen molar-refractivity contribution in [2.45, 2.75) is 13.3 Å². The van der Waals surface area contributed by atoms with Crippen LogP contribution in [0.15, 0.2) is 59.3 Å². The fourth-order valence-electron chi connectivity index (χ4n) is 2.81. The number of carbonyl (C=O) groups excluding carboxylic acids is 1. The van der Waals surface area contributed by atoms with Gasteiger partial charge in [0.1, 0.15) is 11.1 Å². The highest BCUT2D eigenvalue weighted by molar-refractivity contribution is 6.32. The lowest BCUT2D eigenvalue weighted by Gasteiger charge is -2.06. The Morgan fingerprint density at radius 1 is 1.24 bits per heavy atom. The summed E-state index contributed by atoms with van der Waals surface area (Å²) in [7, 11) is 0. The van der Waals surface area contributed by atoms with Gasteiger partial charge in [0.15, 0.2) is 5.75 Å². The zero-order chi connectivity index (χ0) is 17.4. The summed E-state index contributed by atoms with van der Waals surface area (Å²) >= 11 is 6.18. The monoisotopic (exact) mass is 351 g/mol. The number of benzene rings is 2. The number of hydrogen-bond acceptors (Lipinski definition) is 4. The fourth-order valence-corrected chi connectivity index (χ4v) is 2.97. The van der Waals surface area contributed by atoms with Crippen LogP contribution in [0.1, 0.15) is 11.1 Å².